The van der Waals surface area contributed by atoms with Gasteiger partial charge in [0, 0.05) is 31.0 Å². The van der Waals surface area contributed by atoms with E-state index in [4.69, 9.17) is 30.6 Å². The van der Waals surface area contributed by atoms with Crippen LogP contribution in [0.1, 0.15) is 36.5 Å². The molecule has 1 aromatic carbocycles. The summed E-state index contributed by atoms with van der Waals surface area (Å²) in [6, 6.07) is 3.60. The number of hydrogen-bond donors (Lipinski definition) is 0. The van der Waals surface area contributed by atoms with Crippen LogP contribution in [0.3, 0.4) is 0 Å². The molecule has 3 rings (SSSR count). The van der Waals surface area contributed by atoms with E-state index in [2.05, 4.69) is 0 Å². The largest absolute Gasteiger partial charge is 0.513 e. The Bertz CT molecular complexity index is 826. The number of halogens is 1. The van der Waals surface area contributed by atoms with Crippen LogP contribution < -0.4 is 0 Å². The van der Waals surface area contributed by atoms with Crippen molar-refractivity contribution in [3.63, 3.8) is 0 Å². The van der Waals surface area contributed by atoms with Crippen molar-refractivity contribution in [3.05, 3.63) is 39.6 Å². The lowest BCUT2D eigenvalue weighted by Crippen LogP contribution is -2.46. The number of nitrogens with zero attached hydrogens (tertiary/aromatic N) is 1. The Morgan fingerprint density at radius 1 is 1.29 bits per heavy atom. The van der Waals surface area contributed by atoms with Crippen LogP contribution in [0.4, 0.5) is 4.79 Å². The molecule has 0 amide bonds. The second kappa shape index (κ2) is 8.11. The highest BCUT2D eigenvalue weighted by atomic mass is 35.5. The van der Waals surface area contributed by atoms with E-state index in [1.807, 2.05) is 19.9 Å². The third-order valence-electron chi connectivity index (χ3n) is 5.23. The summed E-state index contributed by atoms with van der Waals surface area (Å²) in [6.07, 6.45) is 0.00614. The Morgan fingerprint density at radius 2 is 1.96 bits per heavy atom. The highest BCUT2D eigenvalue weighted by Gasteiger charge is 2.53. The maximum atomic E-state index is 13.0. The van der Waals surface area contributed by atoms with Gasteiger partial charge in [-0.15, -0.1) is 0 Å². The lowest BCUT2D eigenvalue weighted by Gasteiger charge is -2.37. The molecule has 0 N–H and O–H groups in total. The second-order valence-electron chi connectivity index (χ2n) is 6.85. The van der Waals surface area contributed by atoms with E-state index >= 15 is 0 Å². The molecule has 0 radical (unpaired) electrons. The quantitative estimate of drug-likeness (QED) is 0.700. The second-order valence-corrected chi connectivity index (χ2v) is 7.26. The van der Waals surface area contributed by atoms with Crippen LogP contribution >= 0.6 is 11.6 Å². The Labute approximate surface area is 169 Å². The van der Waals surface area contributed by atoms with Crippen LogP contribution in [-0.2, 0) is 23.8 Å². The van der Waals surface area contributed by atoms with E-state index in [1.165, 1.54) is 0 Å². The van der Waals surface area contributed by atoms with E-state index in [-0.39, 0.29) is 17.9 Å². The van der Waals surface area contributed by atoms with E-state index in [1.54, 1.807) is 25.2 Å². The van der Waals surface area contributed by atoms with Crippen molar-refractivity contribution in [2.45, 2.75) is 39.2 Å². The first-order valence-corrected chi connectivity index (χ1v) is 9.58. The molecule has 28 heavy (non-hydrogen) atoms. The van der Waals surface area contributed by atoms with Gasteiger partial charge in [0.05, 0.1) is 13.7 Å². The Morgan fingerprint density at radius 3 is 2.57 bits per heavy atom. The van der Waals surface area contributed by atoms with Gasteiger partial charge < -0.3 is 19.0 Å². The number of hydrogen-bond acceptors (Lipinski definition) is 7. The summed E-state index contributed by atoms with van der Waals surface area (Å²) in [6.45, 7) is 6.60. The third kappa shape index (κ3) is 3.62. The predicted molar refractivity (Wildman–Crippen MR) is 103 cm³/mol. The number of benzene rings is 1. The van der Waals surface area contributed by atoms with E-state index in [9.17, 15) is 9.59 Å². The molecular formula is C20H24ClNO6. The van der Waals surface area contributed by atoms with Crippen molar-refractivity contribution in [2.24, 2.45) is 0 Å². The van der Waals surface area contributed by atoms with Gasteiger partial charge in [-0.2, -0.15) is 5.06 Å². The molecule has 2 heterocycles. The molecular weight excluding hydrogens is 386 g/mol. The number of carbonyl (C=O) groups excluding carboxylic acids is 2. The standard InChI is InChI=1S/C20H24ClNO6/c1-5-26-19(24)27-17-16(15-12(2)6-7-14(21)13(15)3)18(23)28-20(17)8-10-22(25-4)11-9-20/h6-7H,5,8-11H2,1-4H3. The first kappa shape index (κ1) is 20.6. The first-order chi connectivity index (χ1) is 13.3. The smallest absolute Gasteiger partial charge is 0.447 e. The molecule has 0 atom stereocenters. The number of carbonyl (C=O) groups is 2. The lowest BCUT2D eigenvalue weighted by molar-refractivity contribution is -0.183. The Kier molecular flexibility index (Phi) is 5.98. The lowest BCUT2D eigenvalue weighted by atomic mass is 9.86. The SMILES string of the molecule is CCOC(=O)OC1=C(c2c(C)ccc(Cl)c2C)C(=O)OC12CCN(OC)CC2. The molecule has 0 aliphatic carbocycles. The summed E-state index contributed by atoms with van der Waals surface area (Å²) >= 11 is 6.30. The molecule has 1 spiro atoms. The average molecular weight is 410 g/mol. The molecule has 7 nitrogen and oxygen atoms in total. The zero-order valence-corrected chi connectivity index (χ0v) is 17.2. The van der Waals surface area contributed by atoms with E-state index < -0.39 is 17.7 Å². The topological polar surface area (TPSA) is 74.3 Å². The van der Waals surface area contributed by atoms with Crippen molar-refractivity contribution in [2.75, 3.05) is 26.8 Å². The molecule has 2 aliphatic heterocycles. The van der Waals surface area contributed by atoms with E-state index in [0.29, 0.717) is 36.5 Å². The van der Waals surface area contributed by atoms with Gasteiger partial charge in [0.1, 0.15) is 5.57 Å². The maximum absolute atomic E-state index is 13.0. The number of piperidine rings is 1. The summed E-state index contributed by atoms with van der Waals surface area (Å²) in [5, 5.41) is 2.29. The molecule has 1 fully saturated rings. The van der Waals surface area contributed by atoms with Crippen LogP contribution in [0.5, 0.6) is 0 Å². The Balaban J connectivity index is 2.14. The zero-order valence-electron chi connectivity index (χ0n) is 16.5. The molecule has 152 valence electrons. The van der Waals surface area contributed by atoms with Gasteiger partial charge in [0.15, 0.2) is 11.4 Å². The number of hydroxylamine groups is 2. The maximum Gasteiger partial charge on any atom is 0.513 e. The van der Waals surface area contributed by atoms with Gasteiger partial charge in [-0.3, -0.25) is 0 Å². The van der Waals surface area contributed by atoms with Gasteiger partial charge in [-0.25, -0.2) is 9.59 Å². The van der Waals surface area contributed by atoms with Crippen molar-refractivity contribution < 1.29 is 28.6 Å². The van der Waals surface area contributed by atoms with Crippen LogP contribution in [0, 0.1) is 13.8 Å². The zero-order chi connectivity index (χ0) is 20.5. The predicted octanol–water partition coefficient (Wildman–Crippen LogP) is 3.79. The Hall–Kier alpha value is -2.09. The molecule has 1 saturated heterocycles. The fourth-order valence-electron chi connectivity index (χ4n) is 3.75. The summed E-state index contributed by atoms with van der Waals surface area (Å²) in [5.41, 5.74) is 1.39. The fraction of sp³-hybridized carbons (Fsp3) is 0.500. The molecule has 8 heteroatoms. The minimum Gasteiger partial charge on any atom is -0.447 e. The average Bonchev–Trinajstić information content (AvgIpc) is 2.91. The summed E-state index contributed by atoms with van der Waals surface area (Å²) < 4.78 is 16.4. The summed E-state index contributed by atoms with van der Waals surface area (Å²) in [7, 11) is 1.59. The minimum atomic E-state index is -1.03. The number of esters is 1. The molecule has 1 aromatic rings. The van der Waals surface area contributed by atoms with Crippen LogP contribution in [0.25, 0.3) is 5.57 Å². The number of aryl methyl sites for hydroxylation is 1. The van der Waals surface area contributed by atoms with Gasteiger partial charge in [0.25, 0.3) is 0 Å². The molecule has 0 aromatic heterocycles. The molecule has 2 aliphatic rings. The van der Waals surface area contributed by atoms with Crippen molar-refractivity contribution in [1.29, 1.82) is 0 Å². The van der Waals surface area contributed by atoms with Gasteiger partial charge in [-0.1, -0.05) is 17.7 Å². The molecule has 0 unspecified atom stereocenters. The van der Waals surface area contributed by atoms with Gasteiger partial charge in [-0.05, 0) is 43.5 Å². The van der Waals surface area contributed by atoms with Crippen molar-refractivity contribution in [3.8, 4) is 0 Å². The van der Waals surface area contributed by atoms with Crippen LogP contribution in [0.2, 0.25) is 5.02 Å². The molecule has 0 bridgehead atoms. The highest BCUT2D eigenvalue weighted by molar-refractivity contribution is 6.32. The molecule has 0 saturated carbocycles. The summed E-state index contributed by atoms with van der Waals surface area (Å²) in [5.74, 6) is -0.334. The van der Waals surface area contributed by atoms with Crippen LogP contribution in [0.15, 0.2) is 17.9 Å². The van der Waals surface area contributed by atoms with Gasteiger partial charge >= 0.3 is 12.1 Å². The third-order valence-corrected chi connectivity index (χ3v) is 5.64. The normalized spacial score (nSPS) is 19.1. The number of ether oxygens (including phenoxy) is 3. The van der Waals surface area contributed by atoms with Crippen molar-refractivity contribution in [1.82, 2.24) is 5.06 Å². The minimum absolute atomic E-state index is 0.163. The van der Waals surface area contributed by atoms with Crippen LogP contribution in [-0.4, -0.2) is 49.6 Å². The summed E-state index contributed by atoms with van der Waals surface area (Å²) in [4.78, 5) is 30.4. The van der Waals surface area contributed by atoms with E-state index in [0.717, 1.165) is 11.1 Å². The fourth-order valence-corrected chi connectivity index (χ4v) is 3.91. The first-order valence-electron chi connectivity index (χ1n) is 9.20. The monoisotopic (exact) mass is 409 g/mol. The number of rotatable bonds is 4. The highest BCUT2D eigenvalue weighted by Crippen LogP contribution is 2.46. The van der Waals surface area contributed by atoms with Crippen molar-refractivity contribution >= 4 is 29.3 Å². The van der Waals surface area contributed by atoms with Gasteiger partial charge in [0.2, 0.25) is 0 Å².